The molecule has 1 aromatic heterocycles. The minimum Gasteiger partial charge on any atom is -0.342 e. The molecule has 1 aliphatic heterocycles. The average molecular weight is 275 g/mol. The van der Waals surface area contributed by atoms with Crippen molar-refractivity contribution in [2.45, 2.75) is 24.8 Å². The number of rotatable bonds is 3. The van der Waals surface area contributed by atoms with Crippen LogP contribution in [0, 0.1) is 17.2 Å². The molecular weight excluding hydrogens is 258 g/mol. The molecule has 0 aliphatic carbocycles. The molecule has 5 heteroatoms. The Morgan fingerprint density at radius 1 is 1.68 bits per heavy atom. The molecule has 0 spiro atoms. The van der Waals surface area contributed by atoms with Crippen LogP contribution >= 0.6 is 11.8 Å². The first-order chi connectivity index (χ1) is 9.20. The lowest BCUT2D eigenvalue weighted by Crippen LogP contribution is -2.40. The van der Waals surface area contributed by atoms with Crippen molar-refractivity contribution in [2.24, 2.45) is 5.92 Å². The van der Waals surface area contributed by atoms with Crippen molar-refractivity contribution in [2.75, 3.05) is 18.8 Å². The number of pyridine rings is 1. The summed E-state index contributed by atoms with van der Waals surface area (Å²) in [5.74, 6) is 1.09. The highest BCUT2D eigenvalue weighted by Crippen LogP contribution is 2.21. The summed E-state index contributed by atoms with van der Waals surface area (Å²) >= 11 is 1.35. The third-order valence-electron chi connectivity index (χ3n) is 3.23. The van der Waals surface area contributed by atoms with E-state index in [4.69, 9.17) is 5.26 Å². The number of hydrogen-bond acceptors (Lipinski definition) is 4. The first-order valence-corrected chi connectivity index (χ1v) is 7.45. The summed E-state index contributed by atoms with van der Waals surface area (Å²) in [5, 5.41) is 9.61. The number of nitriles is 1. The van der Waals surface area contributed by atoms with E-state index < -0.39 is 0 Å². The molecule has 19 heavy (non-hydrogen) atoms. The van der Waals surface area contributed by atoms with Gasteiger partial charge in [-0.05, 0) is 30.9 Å². The van der Waals surface area contributed by atoms with Crippen LogP contribution in [0.5, 0.6) is 0 Å². The van der Waals surface area contributed by atoms with Crippen LogP contribution in [0.2, 0.25) is 0 Å². The smallest absolute Gasteiger partial charge is 0.232 e. The molecule has 4 nitrogen and oxygen atoms in total. The second-order valence-corrected chi connectivity index (χ2v) is 5.81. The summed E-state index contributed by atoms with van der Waals surface area (Å²) < 4.78 is 0. The molecule has 1 saturated heterocycles. The molecule has 0 saturated carbocycles. The van der Waals surface area contributed by atoms with E-state index in [2.05, 4.69) is 18.0 Å². The average Bonchev–Trinajstić information content (AvgIpc) is 2.45. The molecule has 2 rings (SSSR count). The van der Waals surface area contributed by atoms with Crippen LogP contribution in [0.3, 0.4) is 0 Å². The molecule has 0 unspecified atom stereocenters. The van der Waals surface area contributed by atoms with Crippen LogP contribution < -0.4 is 0 Å². The molecule has 0 N–H and O–H groups in total. The lowest BCUT2D eigenvalue weighted by molar-refractivity contribution is -0.130. The van der Waals surface area contributed by atoms with Gasteiger partial charge in [-0.3, -0.25) is 4.79 Å². The fraction of sp³-hybridized carbons (Fsp3) is 0.500. The van der Waals surface area contributed by atoms with E-state index in [1.807, 2.05) is 4.90 Å². The van der Waals surface area contributed by atoms with Crippen molar-refractivity contribution >= 4 is 17.7 Å². The van der Waals surface area contributed by atoms with Crippen molar-refractivity contribution in [3.05, 3.63) is 23.9 Å². The standard InChI is InChI=1S/C14H17N3OS/c1-11-4-3-7-17(9-11)13(18)10-19-14-12(8-15)5-2-6-16-14/h2,5-6,11H,3-4,7,9-10H2,1H3/t11-/m1/s1. The van der Waals surface area contributed by atoms with Gasteiger partial charge < -0.3 is 4.90 Å². The summed E-state index contributed by atoms with van der Waals surface area (Å²) in [4.78, 5) is 18.2. The number of amides is 1. The van der Waals surface area contributed by atoms with Gasteiger partial charge in [-0.15, -0.1) is 0 Å². The largest absolute Gasteiger partial charge is 0.342 e. The van der Waals surface area contributed by atoms with E-state index in [1.165, 1.54) is 18.2 Å². The van der Waals surface area contributed by atoms with Gasteiger partial charge in [0.25, 0.3) is 0 Å². The highest BCUT2D eigenvalue weighted by atomic mass is 32.2. The second-order valence-electron chi connectivity index (χ2n) is 4.84. The number of likely N-dealkylation sites (tertiary alicyclic amines) is 1. The first kappa shape index (κ1) is 13.9. The van der Waals surface area contributed by atoms with Gasteiger partial charge >= 0.3 is 0 Å². The van der Waals surface area contributed by atoms with E-state index in [-0.39, 0.29) is 5.91 Å². The molecule has 0 aromatic carbocycles. The molecule has 1 fully saturated rings. The van der Waals surface area contributed by atoms with Crippen molar-refractivity contribution in [1.82, 2.24) is 9.88 Å². The second kappa shape index (κ2) is 6.58. The Balaban J connectivity index is 1.91. The van der Waals surface area contributed by atoms with Crippen LogP contribution in [-0.4, -0.2) is 34.6 Å². The number of thioether (sulfide) groups is 1. The molecule has 100 valence electrons. The summed E-state index contributed by atoms with van der Waals surface area (Å²) in [6, 6.07) is 5.56. The van der Waals surface area contributed by atoms with E-state index in [0.717, 1.165) is 19.5 Å². The van der Waals surface area contributed by atoms with Crippen LogP contribution in [0.1, 0.15) is 25.3 Å². The number of piperidine rings is 1. The number of hydrogen-bond donors (Lipinski definition) is 0. The minimum absolute atomic E-state index is 0.145. The van der Waals surface area contributed by atoms with Crippen molar-refractivity contribution < 1.29 is 4.79 Å². The van der Waals surface area contributed by atoms with Crippen molar-refractivity contribution in [3.8, 4) is 6.07 Å². The maximum absolute atomic E-state index is 12.1. The van der Waals surface area contributed by atoms with E-state index in [0.29, 0.717) is 22.3 Å². The predicted octanol–water partition coefficient (Wildman–Crippen LogP) is 2.30. The molecule has 0 bridgehead atoms. The first-order valence-electron chi connectivity index (χ1n) is 6.46. The SMILES string of the molecule is C[C@@H]1CCCN(C(=O)CSc2ncccc2C#N)C1. The van der Waals surface area contributed by atoms with Gasteiger partial charge in [0.15, 0.2) is 0 Å². The fourth-order valence-corrected chi connectivity index (χ4v) is 3.08. The van der Waals surface area contributed by atoms with Crippen molar-refractivity contribution in [3.63, 3.8) is 0 Å². The quantitative estimate of drug-likeness (QED) is 0.794. The summed E-state index contributed by atoms with van der Waals surface area (Å²) in [5.41, 5.74) is 0.535. The van der Waals surface area contributed by atoms with Gasteiger partial charge in [-0.1, -0.05) is 18.7 Å². The fourth-order valence-electron chi connectivity index (χ4n) is 2.23. The van der Waals surface area contributed by atoms with Gasteiger partial charge in [-0.2, -0.15) is 5.26 Å². The Bertz CT molecular complexity index is 498. The highest BCUT2D eigenvalue weighted by Gasteiger charge is 2.21. The minimum atomic E-state index is 0.145. The summed E-state index contributed by atoms with van der Waals surface area (Å²) in [6.07, 6.45) is 3.94. The van der Waals surface area contributed by atoms with Gasteiger partial charge in [0, 0.05) is 19.3 Å². The Morgan fingerprint density at radius 3 is 3.26 bits per heavy atom. The monoisotopic (exact) mass is 275 g/mol. The highest BCUT2D eigenvalue weighted by molar-refractivity contribution is 7.99. The third-order valence-corrected chi connectivity index (χ3v) is 4.22. The summed E-state index contributed by atoms with van der Waals surface area (Å²) in [7, 11) is 0. The molecule has 0 radical (unpaired) electrons. The zero-order valence-electron chi connectivity index (χ0n) is 11.0. The lowest BCUT2D eigenvalue weighted by atomic mass is 10.0. The predicted molar refractivity (Wildman–Crippen MR) is 74.7 cm³/mol. The molecule has 1 aliphatic rings. The molecule has 1 aromatic rings. The van der Waals surface area contributed by atoms with Crippen LogP contribution in [0.4, 0.5) is 0 Å². The number of nitrogens with zero attached hydrogens (tertiary/aromatic N) is 3. The maximum Gasteiger partial charge on any atom is 0.232 e. The summed E-state index contributed by atoms with van der Waals surface area (Å²) in [6.45, 7) is 3.89. The van der Waals surface area contributed by atoms with Crippen LogP contribution in [0.15, 0.2) is 23.4 Å². The van der Waals surface area contributed by atoms with Crippen LogP contribution in [0.25, 0.3) is 0 Å². The van der Waals surface area contributed by atoms with Gasteiger partial charge in [0.2, 0.25) is 5.91 Å². The molecular formula is C14H17N3OS. The van der Waals surface area contributed by atoms with Gasteiger partial charge in [-0.25, -0.2) is 4.98 Å². The zero-order valence-corrected chi connectivity index (χ0v) is 11.8. The maximum atomic E-state index is 12.1. The Kier molecular flexibility index (Phi) is 4.80. The topological polar surface area (TPSA) is 57.0 Å². The molecule has 2 heterocycles. The van der Waals surface area contributed by atoms with E-state index >= 15 is 0 Å². The Hall–Kier alpha value is -1.54. The number of carbonyl (C=O) groups is 1. The van der Waals surface area contributed by atoms with Crippen LogP contribution in [-0.2, 0) is 4.79 Å². The van der Waals surface area contributed by atoms with E-state index in [1.54, 1.807) is 18.3 Å². The zero-order chi connectivity index (χ0) is 13.7. The Morgan fingerprint density at radius 2 is 2.53 bits per heavy atom. The molecule has 1 atom stereocenters. The van der Waals surface area contributed by atoms with E-state index in [9.17, 15) is 4.79 Å². The third kappa shape index (κ3) is 3.71. The van der Waals surface area contributed by atoms with Gasteiger partial charge in [0.1, 0.15) is 11.1 Å². The number of aromatic nitrogens is 1. The van der Waals surface area contributed by atoms with Crippen molar-refractivity contribution in [1.29, 1.82) is 5.26 Å². The number of carbonyl (C=O) groups excluding carboxylic acids is 1. The normalized spacial score (nSPS) is 18.9. The lowest BCUT2D eigenvalue weighted by Gasteiger charge is -2.30. The van der Waals surface area contributed by atoms with Gasteiger partial charge in [0.05, 0.1) is 11.3 Å². The Labute approximate surface area is 117 Å². The molecule has 1 amide bonds.